The molecule has 9 nitrogen and oxygen atoms in total. The summed E-state index contributed by atoms with van der Waals surface area (Å²) in [4.78, 5) is 27.9. The van der Waals surface area contributed by atoms with Crippen molar-refractivity contribution in [2.45, 2.75) is 38.6 Å². The van der Waals surface area contributed by atoms with Crippen molar-refractivity contribution in [3.05, 3.63) is 11.8 Å². The van der Waals surface area contributed by atoms with Gasteiger partial charge in [0.2, 0.25) is 11.8 Å². The molecule has 3 heterocycles. The van der Waals surface area contributed by atoms with Crippen molar-refractivity contribution in [3.8, 4) is 0 Å². The van der Waals surface area contributed by atoms with E-state index in [1.807, 2.05) is 20.8 Å². The van der Waals surface area contributed by atoms with E-state index >= 15 is 0 Å². The minimum atomic E-state index is -3.06. The normalized spacial score (nSPS) is 22.7. The monoisotopic (exact) mass is 384 g/mol. The van der Waals surface area contributed by atoms with Crippen LogP contribution in [0.15, 0.2) is 10.6 Å². The third kappa shape index (κ3) is 3.84. The van der Waals surface area contributed by atoms with Crippen LogP contribution in [0.2, 0.25) is 0 Å². The largest absolute Gasteiger partial charge is 0.338 e. The van der Waals surface area contributed by atoms with E-state index in [9.17, 15) is 18.0 Å². The smallest absolute Gasteiger partial charge is 0.320 e. The molecule has 0 aromatic carbocycles. The van der Waals surface area contributed by atoms with Crippen molar-refractivity contribution >= 4 is 27.7 Å². The molecule has 3 amide bonds. The second-order valence-electron chi connectivity index (χ2n) is 7.73. The Morgan fingerprint density at radius 2 is 1.88 bits per heavy atom. The number of carbonyl (C=O) groups excluding carboxylic acids is 2. The quantitative estimate of drug-likeness (QED) is 0.808. The van der Waals surface area contributed by atoms with Crippen LogP contribution >= 0.6 is 0 Å². The van der Waals surface area contributed by atoms with Crippen LogP contribution in [0.3, 0.4) is 0 Å². The summed E-state index contributed by atoms with van der Waals surface area (Å²) in [7, 11) is -3.06. The summed E-state index contributed by atoms with van der Waals surface area (Å²) >= 11 is 0. The molecule has 1 aromatic rings. The molecular formula is C16H24N4O5S. The zero-order valence-corrected chi connectivity index (χ0v) is 16.0. The number of aromatic nitrogens is 1. The first-order chi connectivity index (χ1) is 12.1. The Kier molecular flexibility index (Phi) is 4.72. The molecule has 3 rings (SSSR count). The van der Waals surface area contributed by atoms with Gasteiger partial charge in [-0.3, -0.25) is 10.1 Å². The summed E-state index contributed by atoms with van der Waals surface area (Å²) < 4.78 is 28.1. The molecule has 1 atom stereocenters. The lowest BCUT2D eigenvalue weighted by Crippen LogP contribution is -2.61. The van der Waals surface area contributed by atoms with E-state index in [4.69, 9.17) is 4.52 Å². The number of carbonyl (C=O) groups is 2. The van der Waals surface area contributed by atoms with Gasteiger partial charge in [0.1, 0.15) is 6.04 Å². The van der Waals surface area contributed by atoms with Gasteiger partial charge in [0.05, 0.1) is 17.2 Å². The van der Waals surface area contributed by atoms with Crippen LogP contribution in [0.5, 0.6) is 0 Å². The van der Waals surface area contributed by atoms with E-state index in [-0.39, 0.29) is 47.8 Å². The fourth-order valence-corrected chi connectivity index (χ4v) is 4.07. The molecule has 2 aliphatic rings. The Morgan fingerprint density at radius 3 is 2.38 bits per heavy atom. The standard InChI is InChI=1S/C16H24N4O5S/c1-16(2,3)12-10-13(25-18-12)17-14(21)11-4-5-20(11)15(22)19-6-8-26(23,24)9-7-19/h10-11H,4-9H2,1-3H3,(H,17,21). The number of amides is 3. The van der Waals surface area contributed by atoms with Gasteiger partial charge in [0.25, 0.3) is 0 Å². The van der Waals surface area contributed by atoms with Crippen molar-refractivity contribution in [1.82, 2.24) is 15.0 Å². The molecule has 10 heteroatoms. The van der Waals surface area contributed by atoms with Gasteiger partial charge in [-0.05, 0) is 6.42 Å². The molecule has 0 bridgehead atoms. The van der Waals surface area contributed by atoms with Crippen LogP contribution in [0.1, 0.15) is 32.9 Å². The Labute approximate surface area is 152 Å². The predicted molar refractivity (Wildman–Crippen MR) is 94.6 cm³/mol. The van der Waals surface area contributed by atoms with E-state index < -0.39 is 15.9 Å². The molecule has 1 aromatic heterocycles. The van der Waals surface area contributed by atoms with Crippen LogP contribution in [-0.4, -0.2) is 72.5 Å². The zero-order chi connectivity index (χ0) is 19.1. The first-order valence-corrected chi connectivity index (χ1v) is 10.4. The molecule has 2 fully saturated rings. The van der Waals surface area contributed by atoms with Gasteiger partial charge >= 0.3 is 6.03 Å². The Bertz CT molecular complexity index is 797. The Hall–Kier alpha value is -2.10. The van der Waals surface area contributed by atoms with Crippen LogP contribution in [0.4, 0.5) is 10.7 Å². The maximum Gasteiger partial charge on any atom is 0.320 e. The minimum Gasteiger partial charge on any atom is -0.338 e. The molecule has 0 aliphatic carbocycles. The highest BCUT2D eigenvalue weighted by molar-refractivity contribution is 7.91. The first-order valence-electron chi connectivity index (χ1n) is 8.61. The van der Waals surface area contributed by atoms with Crippen molar-refractivity contribution in [3.63, 3.8) is 0 Å². The maximum absolute atomic E-state index is 12.5. The number of likely N-dealkylation sites (tertiary alicyclic amines) is 1. The molecule has 26 heavy (non-hydrogen) atoms. The fraction of sp³-hybridized carbons (Fsp3) is 0.688. The van der Waals surface area contributed by atoms with E-state index in [1.165, 1.54) is 9.80 Å². The van der Waals surface area contributed by atoms with Gasteiger partial charge < -0.3 is 14.3 Å². The van der Waals surface area contributed by atoms with Gasteiger partial charge in [-0.1, -0.05) is 25.9 Å². The van der Waals surface area contributed by atoms with Crippen molar-refractivity contribution < 1.29 is 22.5 Å². The summed E-state index contributed by atoms with van der Waals surface area (Å²) in [6, 6.07) is 0.807. The summed E-state index contributed by atoms with van der Waals surface area (Å²) in [5.74, 6) is -0.136. The lowest BCUT2D eigenvalue weighted by Gasteiger charge is -2.42. The Morgan fingerprint density at radius 1 is 1.23 bits per heavy atom. The number of nitrogens with one attached hydrogen (secondary N) is 1. The van der Waals surface area contributed by atoms with Crippen LogP contribution < -0.4 is 5.32 Å². The summed E-state index contributed by atoms with van der Waals surface area (Å²) in [5, 5.41) is 6.61. The van der Waals surface area contributed by atoms with Crippen molar-refractivity contribution in [2.24, 2.45) is 0 Å². The maximum atomic E-state index is 12.5. The second-order valence-corrected chi connectivity index (χ2v) is 10.0. The molecular weight excluding hydrogens is 360 g/mol. The molecule has 144 valence electrons. The first kappa shape index (κ1) is 18.7. The SMILES string of the molecule is CC(C)(C)c1cc(NC(=O)C2CCN2C(=O)N2CCS(=O)(=O)CC2)on1. The van der Waals surface area contributed by atoms with E-state index in [0.717, 1.165) is 5.69 Å². The fourth-order valence-electron chi connectivity index (χ4n) is 2.87. The van der Waals surface area contributed by atoms with Crippen LogP contribution in [0, 0.1) is 0 Å². The van der Waals surface area contributed by atoms with Gasteiger partial charge in [-0.25, -0.2) is 13.2 Å². The zero-order valence-electron chi connectivity index (χ0n) is 15.2. The summed E-state index contributed by atoms with van der Waals surface area (Å²) in [6.45, 7) is 6.78. The van der Waals surface area contributed by atoms with Gasteiger partial charge in [0.15, 0.2) is 9.84 Å². The highest BCUT2D eigenvalue weighted by atomic mass is 32.2. The van der Waals surface area contributed by atoms with Crippen LogP contribution in [0.25, 0.3) is 0 Å². The third-order valence-corrected chi connectivity index (χ3v) is 6.32. The minimum absolute atomic E-state index is 0.0307. The summed E-state index contributed by atoms with van der Waals surface area (Å²) in [5.41, 5.74) is 0.531. The molecule has 2 aliphatic heterocycles. The van der Waals surface area contributed by atoms with E-state index in [0.29, 0.717) is 13.0 Å². The topological polar surface area (TPSA) is 113 Å². The van der Waals surface area contributed by atoms with E-state index in [2.05, 4.69) is 10.5 Å². The highest BCUT2D eigenvalue weighted by Crippen LogP contribution is 2.25. The molecule has 1 N–H and O–H groups in total. The molecule has 2 saturated heterocycles. The molecule has 0 saturated carbocycles. The second kappa shape index (κ2) is 6.57. The van der Waals surface area contributed by atoms with Gasteiger partial charge in [-0.2, -0.15) is 0 Å². The number of hydrogen-bond donors (Lipinski definition) is 1. The lowest BCUT2D eigenvalue weighted by molar-refractivity contribution is -0.124. The van der Waals surface area contributed by atoms with Gasteiger partial charge in [0, 0.05) is 31.1 Å². The number of rotatable bonds is 2. The Balaban J connectivity index is 1.59. The predicted octanol–water partition coefficient (Wildman–Crippen LogP) is 0.835. The van der Waals surface area contributed by atoms with Gasteiger partial charge in [-0.15, -0.1) is 0 Å². The third-order valence-electron chi connectivity index (χ3n) is 4.71. The average Bonchev–Trinajstić information content (AvgIpc) is 2.94. The van der Waals surface area contributed by atoms with Crippen LogP contribution in [-0.2, 0) is 20.0 Å². The lowest BCUT2D eigenvalue weighted by atomic mass is 9.92. The molecule has 0 spiro atoms. The van der Waals surface area contributed by atoms with E-state index in [1.54, 1.807) is 6.07 Å². The number of hydrogen-bond acceptors (Lipinski definition) is 6. The van der Waals surface area contributed by atoms with Crippen molar-refractivity contribution in [1.29, 1.82) is 0 Å². The number of nitrogens with zero attached hydrogens (tertiary/aromatic N) is 3. The number of sulfone groups is 1. The number of urea groups is 1. The highest BCUT2D eigenvalue weighted by Gasteiger charge is 2.41. The molecule has 1 unspecified atom stereocenters. The average molecular weight is 384 g/mol. The van der Waals surface area contributed by atoms with Crippen molar-refractivity contribution in [2.75, 3.05) is 36.5 Å². The summed E-state index contributed by atoms with van der Waals surface area (Å²) in [6.07, 6.45) is 0.560. The number of anilines is 1. The molecule has 0 radical (unpaired) electrons.